The van der Waals surface area contributed by atoms with Gasteiger partial charge in [0, 0.05) is 0 Å². The Morgan fingerprint density at radius 3 is 2.43 bits per heavy atom. The summed E-state index contributed by atoms with van der Waals surface area (Å²) >= 11 is 0. The van der Waals surface area contributed by atoms with E-state index in [1.807, 2.05) is 32.0 Å². The predicted octanol–water partition coefficient (Wildman–Crippen LogP) is 3.04. The Hall–Kier alpha value is -2.50. The Kier molecular flexibility index (Phi) is 5.20. The van der Waals surface area contributed by atoms with Crippen LogP contribution in [0.3, 0.4) is 0 Å². The zero-order chi connectivity index (χ0) is 15.1. The highest BCUT2D eigenvalue weighted by Gasteiger charge is 2.13. The molecule has 0 fully saturated rings. The van der Waals surface area contributed by atoms with Crippen molar-refractivity contribution in [3.63, 3.8) is 0 Å². The van der Waals surface area contributed by atoms with Gasteiger partial charge in [0.1, 0.15) is 6.33 Å². The fourth-order valence-corrected chi connectivity index (χ4v) is 1.67. The van der Waals surface area contributed by atoms with Gasteiger partial charge in [-0.25, -0.2) is 0 Å². The van der Waals surface area contributed by atoms with Crippen molar-refractivity contribution in [2.24, 2.45) is 0 Å². The van der Waals surface area contributed by atoms with E-state index in [1.54, 1.807) is 6.07 Å². The standard InChI is InChI=1S/C15H19N3O3/c1-3-9-20-14-13(16)15(18-10-17-14)21-12-8-6-5-7-11(12)19-4-2/h5-8,10H,3-4,9,16H2,1-2H3. The molecule has 6 nitrogen and oxygen atoms in total. The number of anilines is 1. The Morgan fingerprint density at radius 1 is 1.00 bits per heavy atom. The van der Waals surface area contributed by atoms with Crippen LogP contribution in [0.4, 0.5) is 5.69 Å². The molecule has 2 rings (SSSR count). The Bertz CT molecular complexity index is 590. The normalized spacial score (nSPS) is 10.2. The average Bonchev–Trinajstić information content (AvgIpc) is 2.50. The zero-order valence-electron chi connectivity index (χ0n) is 12.2. The van der Waals surface area contributed by atoms with Gasteiger partial charge in [0.25, 0.3) is 0 Å². The second-order valence-corrected chi connectivity index (χ2v) is 4.23. The number of nitrogens with zero attached hydrogens (tertiary/aromatic N) is 2. The second-order valence-electron chi connectivity index (χ2n) is 4.23. The van der Waals surface area contributed by atoms with E-state index in [-0.39, 0.29) is 11.6 Å². The molecule has 112 valence electrons. The Morgan fingerprint density at radius 2 is 1.71 bits per heavy atom. The maximum Gasteiger partial charge on any atom is 0.250 e. The highest BCUT2D eigenvalue weighted by molar-refractivity contribution is 5.57. The summed E-state index contributed by atoms with van der Waals surface area (Å²) in [7, 11) is 0. The maximum atomic E-state index is 5.98. The summed E-state index contributed by atoms with van der Waals surface area (Å²) in [6, 6.07) is 7.34. The van der Waals surface area contributed by atoms with Crippen LogP contribution >= 0.6 is 0 Å². The fraction of sp³-hybridized carbons (Fsp3) is 0.333. The third kappa shape index (κ3) is 3.75. The minimum Gasteiger partial charge on any atom is -0.490 e. The Labute approximate surface area is 123 Å². The van der Waals surface area contributed by atoms with Gasteiger partial charge < -0.3 is 19.9 Å². The highest BCUT2D eigenvalue weighted by Crippen LogP contribution is 2.35. The molecule has 1 heterocycles. The lowest BCUT2D eigenvalue weighted by Gasteiger charge is -2.13. The number of ether oxygens (including phenoxy) is 3. The average molecular weight is 289 g/mol. The van der Waals surface area contributed by atoms with Gasteiger partial charge in [-0.1, -0.05) is 19.1 Å². The summed E-state index contributed by atoms with van der Waals surface area (Å²) in [6.45, 7) is 5.00. The highest BCUT2D eigenvalue weighted by atomic mass is 16.5. The van der Waals surface area contributed by atoms with Crippen LogP contribution in [0.1, 0.15) is 20.3 Å². The van der Waals surface area contributed by atoms with E-state index in [0.717, 1.165) is 6.42 Å². The van der Waals surface area contributed by atoms with Gasteiger partial charge in [-0.2, -0.15) is 9.97 Å². The van der Waals surface area contributed by atoms with E-state index in [0.29, 0.717) is 30.6 Å². The smallest absolute Gasteiger partial charge is 0.250 e. The molecule has 0 aliphatic carbocycles. The van der Waals surface area contributed by atoms with Crippen LogP contribution < -0.4 is 19.9 Å². The van der Waals surface area contributed by atoms with Gasteiger partial charge >= 0.3 is 0 Å². The molecular weight excluding hydrogens is 270 g/mol. The van der Waals surface area contributed by atoms with Gasteiger partial charge in [-0.05, 0) is 25.5 Å². The number of rotatable bonds is 7. The van der Waals surface area contributed by atoms with Crippen molar-refractivity contribution in [2.45, 2.75) is 20.3 Å². The molecule has 0 bridgehead atoms. The number of nitrogens with two attached hydrogens (primary N) is 1. The summed E-state index contributed by atoms with van der Waals surface area (Å²) in [4.78, 5) is 8.06. The monoisotopic (exact) mass is 289 g/mol. The van der Waals surface area contributed by atoms with Crippen molar-refractivity contribution < 1.29 is 14.2 Å². The fourth-order valence-electron chi connectivity index (χ4n) is 1.67. The summed E-state index contributed by atoms with van der Waals surface area (Å²) < 4.78 is 16.7. The van der Waals surface area contributed by atoms with Crippen LogP contribution in [0, 0.1) is 0 Å². The van der Waals surface area contributed by atoms with Gasteiger partial charge in [-0.3, -0.25) is 0 Å². The minimum atomic E-state index is 0.253. The molecule has 1 aromatic heterocycles. The van der Waals surface area contributed by atoms with Crippen molar-refractivity contribution in [1.29, 1.82) is 0 Å². The second kappa shape index (κ2) is 7.33. The lowest BCUT2D eigenvalue weighted by Crippen LogP contribution is -2.04. The quantitative estimate of drug-likeness (QED) is 0.844. The van der Waals surface area contributed by atoms with E-state index < -0.39 is 0 Å². The largest absolute Gasteiger partial charge is 0.490 e. The van der Waals surface area contributed by atoms with E-state index in [2.05, 4.69) is 9.97 Å². The van der Waals surface area contributed by atoms with E-state index in [4.69, 9.17) is 19.9 Å². The molecular formula is C15H19N3O3. The molecule has 21 heavy (non-hydrogen) atoms. The molecule has 0 aliphatic rings. The lowest BCUT2D eigenvalue weighted by molar-refractivity contribution is 0.302. The number of nitrogen functional groups attached to an aromatic ring is 1. The van der Waals surface area contributed by atoms with E-state index >= 15 is 0 Å². The van der Waals surface area contributed by atoms with E-state index in [9.17, 15) is 0 Å². The molecule has 0 aliphatic heterocycles. The molecule has 0 spiro atoms. The SMILES string of the molecule is CCCOc1ncnc(Oc2ccccc2OCC)c1N. The maximum absolute atomic E-state index is 5.98. The molecule has 0 saturated carbocycles. The van der Waals surface area contributed by atoms with Crippen LogP contribution in [0.15, 0.2) is 30.6 Å². The number of aromatic nitrogens is 2. The van der Waals surface area contributed by atoms with Crippen molar-refractivity contribution in [2.75, 3.05) is 18.9 Å². The van der Waals surface area contributed by atoms with Gasteiger partial charge in [-0.15, -0.1) is 0 Å². The molecule has 0 atom stereocenters. The van der Waals surface area contributed by atoms with Crippen molar-refractivity contribution in [3.05, 3.63) is 30.6 Å². The summed E-state index contributed by atoms with van der Waals surface area (Å²) in [5, 5.41) is 0. The molecule has 0 radical (unpaired) electrons. The lowest BCUT2D eigenvalue weighted by atomic mass is 10.3. The topological polar surface area (TPSA) is 79.5 Å². The molecule has 2 aromatic rings. The molecule has 0 amide bonds. The summed E-state index contributed by atoms with van der Waals surface area (Å²) in [5.74, 6) is 1.76. The number of para-hydroxylation sites is 2. The first-order valence-electron chi connectivity index (χ1n) is 6.89. The third-order valence-corrected chi connectivity index (χ3v) is 2.61. The molecule has 6 heteroatoms. The summed E-state index contributed by atoms with van der Waals surface area (Å²) in [5.41, 5.74) is 6.26. The first kappa shape index (κ1) is 14.9. The molecule has 0 saturated heterocycles. The van der Waals surface area contributed by atoms with Crippen LogP contribution in [-0.2, 0) is 0 Å². The third-order valence-electron chi connectivity index (χ3n) is 2.61. The van der Waals surface area contributed by atoms with Gasteiger partial charge in [0.05, 0.1) is 13.2 Å². The number of hydrogen-bond acceptors (Lipinski definition) is 6. The number of hydrogen-bond donors (Lipinski definition) is 1. The van der Waals surface area contributed by atoms with Crippen LogP contribution in [0.2, 0.25) is 0 Å². The molecule has 1 aromatic carbocycles. The molecule has 2 N–H and O–H groups in total. The zero-order valence-corrected chi connectivity index (χ0v) is 12.2. The van der Waals surface area contributed by atoms with Crippen molar-refractivity contribution >= 4 is 5.69 Å². The van der Waals surface area contributed by atoms with Gasteiger partial charge in [0.2, 0.25) is 11.8 Å². The predicted molar refractivity (Wildman–Crippen MR) is 79.9 cm³/mol. The first-order valence-corrected chi connectivity index (χ1v) is 6.89. The molecule has 0 unspecified atom stereocenters. The number of benzene rings is 1. The van der Waals surface area contributed by atoms with Crippen LogP contribution in [-0.4, -0.2) is 23.2 Å². The van der Waals surface area contributed by atoms with Crippen LogP contribution in [0.25, 0.3) is 0 Å². The van der Waals surface area contributed by atoms with Crippen molar-refractivity contribution in [3.8, 4) is 23.3 Å². The Balaban J connectivity index is 2.23. The van der Waals surface area contributed by atoms with E-state index in [1.165, 1.54) is 6.33 Å². The van der Waals surface area contributed by atoms with Gasteiger partial charge in [0.15, 0.2) is 17.2 Å². The van der Waals surface area contributed by atoms with Crippen LogP contribution in [0.5, 0.6) is 23.3 Å². The summed E-state index contributed by atoms with van der Waals surface area (Å²) in [6.07, 6.45) is 2.23. The first-order chi connectivity index (χ1) is 10.3. The minimum absolute atomic E-state index is 0.253. The van der Waals surface area contributed by atoms with Crippen molar-refractivity contribution in [1.82, 2.24) is 9.97 Å².